The van der Waals surface area contributed by atoms with Gasteiger partial charge < -0.3 is 10.1 Å². The van der Waals surface area contributed by atoms with E-state index in [4.69, 9.17) is 0 Å². The summed E-state index contributed by atoms with van der Waals surface area (Å²) < 4.78 is 6.90. The highest BCUT2D eigenvalue weighted by molar-refractivity contribution is 9.10. The van der Waals surface area contributed by atoms with Crippen molar-refractivity contribution in [1.82, 2.24) is 19.6 Å². The van der Waals surface area contributed by atoms with E-state index in [2.05, 4.69) is 31.0 Å². The number of pyridine rings is 1. The average molecular weight is 409 g/mol. The summed E-state index contributed by atoms with van der Waals surface area (Å²) in [7, 11) is 1.29. The zero-order chi connectivity index (χ0) is 18.0. The fourth-order valence-electron chi connectivity index (χ4n) is 2.83. The molecule has 0 unspecified atom stereocenters. The van der Waals surface area contributed by atoms with Gasteiger partial charge in [-0.2, -0.15) is 0 Å². The molecule has 1 aliphatic rings. The minimum Gasteiger partial charge on any atom is -0.469 e. The van der Waals surface area contributed by atoms with E-state index in [1.165, 1.54) is 17.6 Å². The minimum absolute atomic E-state index is 0.0398. The van der Waals surface area contributed by atoms with Crippen LogP contribution < -0.4 is 10.9 Å². The molecule has 0 spiro atoms. The molecule has 132 valence electrons. The van der Waals surface area contributed by atoms with Crippen LogP contribution in [0, 0.1) is 0 Å². The summed E-state index contributed by atoms with van der Waals surface area (Å²) in [6.45, 7) is 1.35. The summed E-state index contributed by atoms with van der Waals surface area (Å²) in [6, 6.07) is 4.36. The number of aromatic nitrogens is 2. The number of ether oxygens (including phenoxy) is 1. The summed E-state index contributed by atoms with van der Waals surface area (Å²) >= 11 is 3.32. The first kappa shape index (κ1) is 17.6. The van der Waals surface area contributed by atoms with Gasteiger partial charge in [0.15, 0.2) is 0 Å². The minimum atomic E-state index is -0.633. The molecule has 1 N–H and O–H groups in total. The Kier molecular flexibility index (Phi) is 5.14. The van der Waals surface area contributed by atoms with Gasteiger partial charge in [-0.15, -0.1) is 0 Å². The Morgan fingerprint density at radius 2 is 2.24 bits per heavy atom. The van der Waals surface area contributed by atoms with E-state index in [9.17, 15) is 14.4 Å². The Morgan fingerprint density at radius 3 is 3.00 bits per heavy atom. The maximum absolute atomic E-state index is 12.3. The predicted molar refractivity (Wildman–Crippen MR) is 93.0 cm³/mol. The lowest BCUT2D eigenvalue weighted by atomic mass is 10.1. The average Bonchev–Trinajstić information content (AvgIpc) is 2.58. The van der Waals surface area contributed by atoms with Gasteiger partial charge >= 0.3 is 5.97 Å². The lowest BCUT2D eigenvalue weighted by Crippen LogP contribution is -2.55. The molecule has 9 heteroatoms. The SMILES string of the molecule is COC(=O)C[C@@H]1C(=O)NCCN1Cc1cc(=O)n2cc(Br)ccc2n1. The largest absolute Gasteiger partial charge is 0.469 e. The predicted octanol–water partition coefficient (Wildman–Crippen LogP) is 0.321. The molecule has 0 saturated carbocycles. The molecule has 1 amide bonds. The first-order valence-corrected chi connectivity index (χ1v) is 8.53. The van der Waals surface area contributed by atoms with Crippen LogP contribution in [-0.2, 0) is 20.9 Å². The van der Waals surface area contributed by atoms with E-state index in [0.717, 1.165) is 4.47 Å². The summed E-state index contributed by atoms with van der Waals surface area (Å²) in [5.41, 5.74) is 0.876. The van der Waals surface area contributed by atoms with Gasteiger partial charge in [0.1, 0.15) is 11.7 Å². The van der Waals surface area contributed by atoms with Crippen LogP contribution in [0.1, 0.15) is 12.1 Å². The maximum Gasteiger partial charge on any atom is 0.307 e. The van der Waals surface area contributed by atoms with Gasteiger partial charge in [-0.25, -0.2) is 4.98 Å². The van der Waals surface area contributed by atoms with Crippen molar-refractivity contribution in [3.8, 4) is 0 Å². The quantitative estimate of drug-likeness (QED) is 0.732. The van der Waals surface area contributed by atoms with Crippen LogP contribution in [0.5, 0.6) is 0 Å². The van der Waals surface area contributed by atoms with E-state index >= 15 is 0 Å². The molecule has 2 aromatic rings. The van der Waals surface area contributed by atoms with Crippen molar-refractivity contribution < 1.29 is 14.3 Å². The van der Waals surface area contributed by atoms with Gasteiger partial charge in [-0.05, 0) is 28.1 Å². The van der Waals surface area contributed by atoms with Gasteiger partial charge in [0.25, 0.3) is 5.56 Å². The molecular formula is C16H17BrN4O4. The van der Waals surface area contributed by atoms with Crippen LogP contribution in [0.15, 0.2) is 33.7 Å². The molecule has 1 aliphatic heterocycles. The van der Waals surface area contributed by atoms with Crippen LogP contribution in [0.4, 0.5) is 0 Å². The number of methoxy groups -OCH3 is 1. The van der Waals surface area contributed by atoms with Gasteiger partial charge in [0.05, 0.1) is 19.2 Å². The Morgan fingerprint density at radius 1 is 1.44 bits per heavy atom. The van der Waals surface area contributed by atoms with E-state index in [1.54, 1.807) is 18.3 Å². The molecule has 0 aliphatic carbocycles. The van der Waals surface area contributed by atoms with Crippen LogP contribution >= 0.6 is 15.9 Å². The number of fused-ring (bicyclic) bond motifs is 1. The van der Waals surface area contributed by atoms with E-state index < -0.39 is 12.0 Å². The fourth-order valence-corrected chi connectivity index (χ4v) is 3.17. The molecule has 2 aromatic heterocycles. The molecule has 0 aromatic carbocycles. The smallest absolute Gasteiger partial charge is 0.307 e. The monoisotopic (exact) mass is 408 g/mol. The topological polar surface area (TPSA) is 93.0 Å². The zero-order valence-electron chi connectivity index (χ0n) is 13.6. The second-order valence-corrected chi connectivity index (χ2v) is 6.63. The van der Waals surface area contributed by atoms with E-state index in [0.29, 0.717) is 31.0 Å². The first-order valence-electron chi connectivity index (χ1n) is 7.74. The molecule has 3 heterocycles. The third-order valence-corrected chi connectivity index (χ3v) is 4.54. The van der Waals surface area contributed by atoms with Crippen LogP contribution in [0.25, 0.3) is 5.65 Å². The maximum atomic E-state index is 12.3. The molecule has 25 heavy (non-hydrogen) atoms. The molecule has 0 bridgehead atoms. The first-order chi connectivity index (χ1) is 12.0. The van der Waals surface area contributed by atoms with Crippen LogP contribution in [0.2, 0.25) is 0 Å². The number of halogens is 1. The normalized spacial score (nSPS) is 18.2. The van der Waals surface area contributed by atoms with E-state index in [-0.39, 0.29) is 17.9 Å². The van der Waals surface area contributed by atoms with Gasteiger partial charge in [0, 0.05) is 36.4 Å². The number of amides is 1. The fraction of sp³-hybridized carbons (Fsp3) is 0.375. The molecule has 3 rings (SSSR count). The molecule has 1 fully saturated rings. The van der Waals surface area contributed by atoms with Gasteiger partial charge in [-0.3, -0.25) is 23.7 Å². The standard InChI is InChI=1S/C16H17BrN4O4/c1-25-15(23)7-12-16(24)18-4-5-20(12)9-11-6-14(22)21-8-10(17)2-3-13(21)19-11/h2-3,6,8,12H,4-5,7,9H2,1H3,(H,18,24)/t12-/m1/s1. The third-order valence-electron chi connectivity index (χ3n) is 4.07. The van der Waals surface area contributed by atoms with Crippen LogP contribution in [-0.4, -0.2) is 52.4 Å². The summed E-state index contributed by atoms with van der Waals surface area (Å²) in [5, 5.41) is 2.74. The highest BCUT2D eigenvalue weighted by atomic mass is 79.9. The highest BCUT2D eigenvalue weighted by Crippen LogP contribution is 2.14. The molecule has 8 nitrogen and oxygen atoms in total. The number of carbonyl (C=O) groups excluding carboxylic acids is 2. The van der Waals surface area contributed by atoms with Gasteiger partial charge in [0.2, 0.25) is 5.91 Å². The number of piperazine rings is 1. The highest BCUT2D eigenvalue weighted by Gasteiger charge is 2.32. The Balaban J connectivity index is 1.87. The molecule has 0 radical (unpaired) electrons. The number of nitrogens with zero attached hydrogens (tertiary/aromatic N) is 3. The number of rotatable bonds is 4. The molecule has 1 saturated heterocycles. The second-order valence-electron chi connectivity index (χ2n) is 5.72. The zero-order valence-corrected chi connectivity index (χ0v) is 15.2. The lowest BCUT2D eigenvalue weighted by Gasteiger charge is -2.34. The van der Waals surface area contributed by atoms with Gasteiger partial charge in [-0.1, -0.05) is 0 Å². The van der Waals surface area contributed by atoms with Crippen molar-refractivity contribution >= 4 is 33.5 Å². The Hall–Kier alpha value is -2.26. The molecule has 1 atom stereocenters. The van der Waals surface area contributed by atoms with Crippen molar-refractivity contribution in [3.05, 3.63) is 44.9 Å². The number of hydrogen-bond donors (Lipinski definition) is 1. The number of hydrogen-bond acceptors (Lipinski definition) is 6. The van der Waals surface area contributed by atoms with Crippen molar-refractivity contribution in [2.24, 2.45) is 0 Å². The Labute approximate surface area is 151 Å². The Bertz CT molecular complexity index is 882. The van der Waals surface area contributed by atoms with Crippen LogP contribution in [0.3, 0.4) is 0 Å². The summed E-state index contributed by atoms with van der Waals surface area (Å²) in [6.07, 6.45) is 1.62. The van der Waals surface area contributed by atoms with Crippen molar-refractivity contribution in [2.75, 3.05) is 20.2 Å². The third kappa shape index (κ3) is 3.88. The number of carbonyl (C=O) groups is 2. The van der Waals surface area contributed by atoms with E-state index in [1.807, 2.05) is 4.90 Å². The van der Waals surface area contributed by atoms with Crippen molar-refractivity contribution in [3.63, 3.8) is 0 Å². The number of nitrogens with one attached hydrogen (secondary N) is 1. The number of esters is 1. The summed E-state index contributed by atoms with van der Waals surface area (Å²) in [5.74, 6) is -0.679. The second kappa shape index (κ2) is 7.32. The molecular weight excluding hydrogens is 392 g/mol. The summed E-state index contributed by atoms with van der Waals surface area (Å²) in [4.78, 5) is 42.3. The van der Waals surface area contributed by atoms with Crippen molar-refractivity contribution in [2.45, 2.75) is 19.0 Å². The lowest BCUT2D eigenvalue weighted by molar-refractivity contribution is -0.146. The van der Waals surface area contributed by atoms with Crippen molar-refractivity contribution in [1.29, 1.82) is 0 Å².